The number of nitrogens with zero attached hydrogens (tertiary/aromatic N) is 1. The Kier molecular flexibility index (Phi) is 9.51. The van der Waals surface area contributed by atoms with Crippen LogP contribution in [-0.2, 0) is 0 Å². The fraction of sp³-hybridized carbons (Fsp3) is 1.00. The first-order valence-electron chi connectivity index (χ1n) is 10.4. The van der Waals surface area contributed by atoms with Crippen LogP contribution in [0.25, 0.3) is 0 Å². The van der Waals surface area contributed by atoms with Gasteiger partial charge in [0.05, 0.1) is 0 Å². The molecule has 1 rings (SSSR count). The molecule has 50 heavy (non-hydrogen) atoms. The third kappa shape index (κ3) is 4.54. The van der Waals surface area contributed by atoms with Crippen molar-refractivity contribution in [3.05, 3.63) is 0 Å². The summed E-state index contributed by atoms with van der Waals surface area (Å²) >= 11 is 0. The Morgan fingerprint density at radius 2 is 0.520 bits per heavy atom. The van der Waals surface area contributed by atoms with Gasteiger partial charge in [-0.15, -0.1) is 4.90 Å². The van der Waals surface area contributed by atoms with E-state index in [0.29, 0.717) is 0 Å². The second kappa shape index (κ2) is 10.4. The first-order chi connectivity index (χ1) is 20.9. The molecular formula is C16F33N. The summed E-state index contributed by atoms with van der Waals surface area (Å²) in [5.41, 5.74) is -10.8. The topological polar surface area (TPSA) is 3.24 Å². The number of hydrogen-bond donors (Lipinski definition) is 0. The minimum Gasteiger partial charge on any atom is -0.224 e. The van der Waals surface area contributed by atoms with Crippen LogP contribution < -0.4 is 0 Å². The summed E-state index contributed by atoms with van der Waals surface area (Å²) < 4.78 is 452. The lowest BCUT2D eigenvalue weighted by Gasteiger charge is -2.61. The van der Waals surface area contributed by atoms with Crippen LogP contribution in [0.4, 0.5) is 145 Å². The Labute approximate surface area is 246 Å². The summed E-state index contributed by atoms with van der Waals surface area (Å²) in [5.74, 6) is -100. The largest absolute Gasteiger partial charge is 0.460 e. The molecule has 1 saturated carbocycles. The van der Waals surface area contributed by atoms with Crippen molar-refractivity contribution >= 4 is 0 Å². The van der Waals surface area contributed by atoms with Crippen LogP contribution in [0.1, 0.15) is 0 Å². The van der Waals surface area contributed by atoms with Gasteiger partial charge >= 0.3 is 89.6 Å². The molecule has 0 radical (unpaired) electrons. The molecule has 2 unspecified atom stereocenters. The lowest BCUT2D eigenvalue weighted by atomic mass is 9.65. The normalized spacial score (nSPS) is 27.5. The van der Waals surface area contributed by atoms with Crippen molar-refractivity contribution in [3.63, 3.8) is 0 Å². The molecule has 0 aromatic rings. The molecular weight excluding hydrogens is 833 g/mol. The quantitative estimate of drug-likeness (QED) is 0.174. The van der Waals surface area contributed by atoms with Gasteiger partial charge in [0.2, 0.25) is 0 Å². The minimum atomic E-state index is -11.1. The highest BCUT2D eigenvalue weighted by Crippen LogP contribution is 2.77. The molecule has 0 N–H and O–H groups in total. The maximum atomic E-state index is 15.7. The van der Waals surface area contributed by atoms with E-state index in [0.717, 1.165) is 0 Å². The van der Waals surface area contributed by atoms with Crippen molar-refractivity contribution in [1.82, 2.24) is 4.90 Å². The Morgan fingerprint density at radius 3 is 0.740 bits per heavy atom. The highest BCUT2D eigenvalue weighted by atomic mass is 19.5. The van der Waals surface area contributed by atoms with Crippen molar-refractivity contribution in [2.24, 2.45) is 0 Å². The first-order valence-corrected chi connectivity index (χ1v) is 10.4. The van der Waals surface area contributed by atoms with Crippen LogP contribution in [0.5, 0.6) is 0 Å². The van der Waals surface area contributed by atoms with Crippen molar-refractivity contribution in [2.75, 3.05) is 0 Å². The molecule has 0 aromatic carbocycles. The van der Waals surface area contributed by atoms with Crippen LogP contribution in [0.2, 0.25) is 0 Å². The zero-order valence-corrected chi connectivity index (χ0v) is 20.9. The van der Waals surface area contributed by atoms with Crippen LogP contribution in [0.3, 0.4) is 0 Å². The predicted molar refractivity (Wildman–Crippen MR) is 82.1 cm³/mol. The number of rotatable bonds is 8. The molecule has 0 spiro atoms. The van der Waals surface area contributed by atoms with Gasteiger partial charge in [0.15, 0.2) is 0 Å². The summed E-state index contributed by atoms with van der Waals surface area (Å²) in [5, 5.41) is 0. The molecule has 0 aliphatic heterocycles. The summed E-state index contributed by atoms with van der Waals surface area (Å²) in [7, 11) is 0. The highest BCUT2D eigenvalue weighted by Gasteiger charge is 3.10. The van der Waals surface area contributed by atoms with Gasteiger partial charge in [-0.25, -0.2) is 8.78 Å². The molecule has 0 aromatic heterocycles. The zero-order chi connectivity index (χ0) is 41.6. The van der Waals surface area contributed by atoms with Gasteiger partial charge in [-0.2, -0.15) is 136 Å². The highest BCUT2D eigenvalue weighted by molar-refractivity contribution is 5.35. The van der Waals surface area contributed by atoms with Gasteiger partial charge < -0.3 is 0 Å². The Morgan fingerprint density at radius 1 is 0.280 bits per heavy atom. The van der Waals surface area contributed by atoms with E-state index in [9.17, 15) is 136 Å². The molecule has 2 atom stereocenters. The molecule has 0 bridgehead atoms. The zero-order valence-electron chi connectivity index (χ0n) is 20.9. The average molecular weight is 833 g/mol. The predicted octanol–water partition coefficient (Wildman–Crippen LogP) is 10.3. The van der Waals surface area contributed by atoms with Gasteiger partial charge in [-0.05, 0) is 0 Å². The van der Waals surface area contributed by atoms with E-state index in [-0.39, 0.29) is 0 Å². The van der Waals surface area contributed by atoms with Crippen LogP contribution in [0, 0.1) is 0 Å². The molecule has 1 fully saturated rings. The minimum absolute atomic E-state index is 6.94. The van der Waals surface area contributed by atoms with E-state index in [1.54, 1.807) is 0 Å². The molecule has 1 nitrogen and oxygen atoms in total. The summed E-state index contributed by atoms with van der Waals surface area (Å²) in [4.78, 5) is -6.94. The molecule has 0 saturated heterocycles. The summed E-state index contributed by atoms with van der Waals surface area (Å²) in [6, 6.07) is -21.4. The third-order valence-corrected chi connectivity index (χ3v) is 6.40. The second-order valence-corrected chi connectivity index (χ2v) is 9.36. The number of hydrogen-bond acceptors (Lipinski definition) is 1. The maximum absolute atomic E-state index is 15.7. The molecule has 34 heteroatoms. The van der Waals surface area contributed by atoms with Crippen molar-refractivity contribution < 1.29 is 145 Å². The molecule has 1 aliphatic carbocycles. The fourth-order valence-electron chi connectivity index (χ4n) is 3.72. The molecule has 300 valence electrons. The van der Waals surface area contributed by atoms with Gasteiger partial charge in [-0.3, -0.25) is 0 Å². The lowest BCUT2D eigenvalue weighted by Crippen LogP contribution is -2.96. The maximum Gasteiger partial charge on any atom is 0.460 e. The van der Waals surface area contributed by atoms with Crippen LogP contribution in [-0.4, -0.2) is 100 Å². The summed E-state index contributed by atoms with van der Waals surface area (Å²) in [6.45, 7) is 0. The van der Waals surface area contributed by atoms with Crippen molar-refractivity contribution in [3.8, 4) is 0 Å². The average Bonchev–Trinajstić information content (AvgIpc) is 2.83. The Bertz CT molecular complexity index is 1240. The standard InChI is InChI=1S/C16F33N/c17-1(3(20,21)12(37,38)39)2(18,19)4(22,23)5(24,25)6(26,27)11(1,36)50(15(46,47)9(32,33)7(28,29)13(40,41)42)16(48,49)10(34,35)8(30,31)14(43,44)45. The number of halogens is 33. The second-order valence-electron chi connectivity index (χ2n) is 9.36. The molecule has 0 heterocycles. The Balaban J connectivity index is 5.18. The van der Waals surface area contributed by atoms with Gasteiger partial charge in [0.25, 0.3) is 5.79 Å². The van der Waals surface area contributed by atoms with Crippen molar-refractivity contribution in [1.29, 1.82) is 0 Å². The fourth-order valence-corrected chi connectivity index (χ4v) is 3.72. The van der Waals surface area contributed by atoms with E-state index in [4.69, 9.17) is 0 Å². The van der Waals surface area contributed by atoms with E-state index in [2.05, 4.69) is 0 Å². The van der Waals surface area contributed by atoms with Crippen molar-refractivity contribution in [2.45, 2.75) is 95.4 Å². The van der Waals surface area contributed by atoms with Gasteiger partial charge in [-0.1, -0.05) is 0 Å². The van der Waals surface area contributed by atoms with E-state index in [1.807, 2.05) is 0 Å². The first kappa shape index (κ1) is 45.7. The lowest BCUT2D eigenvalue weighted by molar-refractivity contribution is -0.566. The third-order valence-electron chi connectivity index (χ3n) is 6.40. The van der Waals surface area contributed by atoms with Gasteiger partial charge in [0, 0.05) is 0 Å². The summed E-state index contributed by atoms with van der Waals surface area (Å²) in [6.07, 6.45) is -27.1. The smallest absolute Gasteiger partial charge is 0.224 e. The van der Waals surface area contributed by atoms with Crippen LogP contribution in [0.15, 0.2) is 0 Å². The van der Waals surface area contributed by atoms with Gasteiger partial charge in [0.1, 0.15) is 0 Å². The van der Waals surface area contributed by atoms with E-state index in [1.165, 1.54) is 0 Å². The monoisotopic (exact) mass is 833 g/mol. The number of alkyl halides is 33. The Hall–Kier alpha value is -2.35. The van der Waals surface area contributed by atoms with Crippen LogP contribution >= 0.6 is 0 Å². The van der Waals surface area contributed by atoms with E-state index < -0.39 is 100 Å². The SMILES string of the molecule is FC(F)(F)C(F)(F)C(F)(F)C(F)(F)N(C(F)(F)C(F)(F)C(F)(F)C(F)(F)F)C1(F)C(F)(F)C(F)(F)C(F)(F)C(F)(F)C1(F)C(F)(F)C(F)(F)F. The molecule has 0 amide bonds. The molecule has 1 aliphatic rings. The van der Waals surface area contributed by atoms with E-state index >= 15 is 8.78 Å².